The molecule has 0 bridgehead atoms. The lowest BCUT2D eigenvalue weighted by atomic mass is 9.90. The largest absolute Gasteiger partial charge is 0.369 e. The van der Waals surface area contributed by atoms with Crippen molar-refractivity contribution < 1.29 is 14.4 Å². The Kier molecular flexibility index (Phi) is 4.69. The summed E-state index contributed by atoms with van der Waals surface area (Å²) in [6.07, 6.45) is -0.0671. The van der Waals surface area contributed by atoms with Gasteiger partial charge < -0.3 is 10.6 Å². The van der Waals surface area contributed by atoms with Gasteiger partial charge in [-0.1, -0.05) is 48.0 Å². The lowest BCUT2D eigenvalue weighted by Crippen LogP contribution is -2.30. The molecule has 2 aromatic rings. The third kappa shape index (κ3) is 3.29. The van der Waals surface area contributed by atoms with Gasteiger partial charge in [-0.25, -0.2) is 0 Å². The van der Waals surface area contributed by atoms with Gasteiger partial charge in [0, 0.05) is 30.8 Å². The summed E-state index contributed by atoms with van der Waals surface area (Å²) in [4.78, 5) is 40.2. The molecule has 4 rings (SSSR count). The fourth-order valence-electron chi connectivity index (χ4n) is 3.67. The number of carbonyl (C=O) groups excluding carboxylic acids is 3. The van der Waals surface area contributed by atoms with Crippen LogP contribution in [-0.2, 0) is 9.59 Å². The normalized spacial score (nSPS) is 18.1. The number of aryl methyl sites for hydroxylation is 1. The summed E-state index contributed by atoms with van der Waals surface area (Å²) < 4.78 is 0. The number of rotatable bonds is 5. The van der Waals surface area contributed by atoms with Gasteiger partial charge in [0.1, 0.15) is 5.82 Å². The smallest absolute Gasteiger partial charge is 0.236 e. The average Bonchev–Trinajstić information content (AvgIpc) is 3.26. The molecular formula is C22H21N3O3. The monoisotopic (exact) mass is 375 g/mol. The number of anilines is 1. The molecule has 2 aliphatic rings. The highest BCUT2D eigenvalue weighted by Crippen LogP contribution is 2.35. The van der Waals surface area contributed by atoms with Gasteiger partial charge in [-0.05, 0) is 19.1 Å². The van der Waals surface area contributed by atoms with Crippen molar-refractivity contribution in [3.05, 3.63) is 77.1 Å². The number of carbonyl (C=O) groups is 3. The Morgan fingerprint density at radius 3 is 2.54 bits per heavy atom. The summed E-state index contributed by atoms with van der Waals surface area (Å²) in [7, 11) is 0. The molecule has 6 nitrogen and oxygen atoms in total. The van der Waals surface area contributed by atoms with E-state index in [1.165, 1.54) is 0 Å². The van der Waals surface area contributed by atoms with Gasteiger partial charge in [-0.15, -0.1) is 0 Å². The van der Waals surface area contributed by atoms with Crippen LogP contribution in [0.3, 0.4) is 0 Å². The molecule has 2 aliphatic heterocycles. The van der Waals surface area contributed by atoms with Crippen LogP contribution >= 0.6 is 0 Å². The molecule has 0 saturated carbocycles. The SMILES string of the molecule is Cc1ccc(C(=O)C2=C3NCCN3C(=O)[C@H]2CC(=O)Nc2ccccc2)cc1. The van der Waals surface area contributed by atoms with E-state index >= 15 is 0 Å². The number of para-hydroxylation sites is 1. The molecule has 6 heteroatoms. The highest BCUT2D eigenvalue weighted by atomic mass is 16.2. The maximum absolute atomic E-state index is 13.2. The van der Waals surface area contributed by atoms with Crippen molar-refractivity contribution in [2.75, 3.05) is 18.4 Å². The summed E-state index contributed by atoms with van der Waals surface area (Å²) in [5.41, 5.74) is 2.62. The second kappa shape index (κ2) is 7.31. The molecular weight excluding hydrogens is 354 g/mol. The number of hydrogen-bond donors (Lipinski definition) is 2. The maximum atomic E-state index is 13.2. The number of nitrogens with one attached hydrogen (secondary N) is 2. The third-order valence-corrected chi connectivity index (χ3v) is 5.07. The quantitative estimate of drug-likeness (QED) is 0.787. The predicted octanol–water partition coefficient (Wildman–Crippen LogP) is 2.48. The summed E-state index contributed by atoms with van der Waals surface area (Å²) in [5.74, 6) is -0.926. The first kappa shape index (κ1) is 18.0. The van der Waals surface area contributed by atoms with Gasteiger partial charge in [0.15, 0.2) is 5.78 Å². The van der Waals surface area contributed by atoms with E-state index in [0.717, 1.165) is 5.56 Å². The number of Topliss-reactive ketones (excluding diaryl/α,β-unsaturated/α-hetero) is 1. The van der Waals surface area contributed by atoms with Crippen LogP contribution in [0, 0.1) is 12.8 Å². The summed E-state index contributed by atoms with van der Waals surface area (Å²) >= 11 is 0. The number of benzene rings is 2. The number of hydrogen-bond acceptors (Lipinski definition) is 4. The Hall–Kier alpha value is -3.41. The van der Waals surface area contributed by atoms with E-state index in [4.69, 9.17) is 0 Å². The predicted molar refractivity (Wildman–Crippen MR) is 105 cm³/mol. The first-order valence-electron chi connectivity index (χ1n) is 9.30. The van der Waals surface area contributed by atoms with Crippen molar-refractivity contribution in [2.45, 2.75) is 13.3 Å². The minimum absolute atomic E-state index is 0.0671. The highest BCUT2D eigenvalue weighted by molar-refractivity contribution is 6.15. The number of ketones is 1. The molecule has 1 fully saturated rings. The van der Waals surface area contributed by atoms with Gasteiger partial charge in [-0.2, -0.15) is 0 Å². The van der Waals surface area contributed by atoms with Gasteiger partial charge in [0.2, 0.25) is 11.8 Å². The van der Waals surface area contributed by atoms with E-state index < -0.39 is 5.92 Å². The Bertz CT molecular complexity index is 964. The van der Waals surface area contributed by atoms with Crippen LogP contribution in [0.4, 0.5) is 5.69 Å². The van der Waals surface area contributed by atoms with Gasteiger partial charge >= 0.3 is 0 Å². The molecule has 1 saturated heterocycles. The Labute approximate surface area is 163 Å². The molecule has 0 unspecified atom stereocenters. The summed E-state index contributed by atoms with van der Waals surface area (Å²) in [5, 5.41) is 5.94. The molecule has 2 N–H and O–H groups in total. The zero-order chi connectivity index (χ0) is 19.7. The average molecular weight is 375 g/mol. The Balaban J connectivity index is 1.60. The van der Waals surface area contributed by atoms with Crippen molar-refractivity contribution in [3.63, 3.8) is 0 Å². The minimum Gasteiger partial charge on any atom is -0.369 e. The molecule has 2 aromatic carbocycles. The van der Waals surface area contributed by atoms with Crippen LogP contribution in [-0.4, -0.2) is 35.6 Å². The van der Waals surface area contributed by atoms with Gasteiger partial charge in [0.05, 0.1) is 11.5 Å². The first-order chi connectivity index (χ1) is 13.5. The maximum Gasteiger partial charge on any atom is 0.236 e. The van der Waals surface area contributed by atoms with E-state index in [1.807, 2.05) is 37.3 Å². The summed E-state index contributed by atoms with van der Waals surface area (Å²) in [6.45, 7) is 3.07. The lowest BCUT2D eigenvalue weighted by Gasteiger charge is -2.14. The first-order valence-corrected chi connectivity index (χ1v) is 9.30. The standard InChI is InChI=1S/C22H21N3O3/c1-14-7-9-15(10-8-14)20(27)19-17(22(28)25-12-11-23-21(19)25)13-18(26)24-16-5-3-2-4-6-16/h2-10,17,23H,11-13H2,1H3,(H,24,26)/t17-/m0/s1. The Morgan fingerprint density at radius 2 is 1.82 bits per heavy atom. The lowest BCUT2D eigenvalue weighted by molar-refractivity contribution is -0.132. The van der Waals surface area contributed by atoms with Gasteiger partial charge in [-0.3, -0.25) is 19.3 Å². The zero-order valence-corrected chi connectivity index (χ0v) is 15.6. The highest BCUT2D eigenvalue weighted by Gasteiger charge is 2.45. The van der Waals surface area contributed by atoms with E-state index in [9.17, 15) is 14.4 Å². The van der Waals surface area contributed by atoms with Crippen molar-refractivity contribution in [1.29, 1.82) is 0 Å². The fraction of sp³-hybridized carbons (Fsp3) is 0.227. The molecule has 0 radical (unpaired) electrons. The summed E-state index contributed by atoms with van der Waals surface area (Å²) in [6, 6.07) is 16.3. The van der Waals surface area contributed by atoms with E-state index in [-0.39, 0.29) is 24.0 Å². The van der Waals surface area contributed by atoms with Gasteiger partial charge in [0.25, 0.3) is 0 Å². The van der Waals surface area contributed by atoms with Crippen LogP contribution in [0.25, 0.3) is 0 Å². The number of fused-ring (bicyclic) bond motifs is 1. The second-order valence-corrected chi connectivity index (χ2v) is 7.04. The Morgan fingerprint density at radius 1 is 1.11 bits per heavy atom. The van der Waals surface area contributed by atoms with E-state index in [2.05, 4.69) is 10.6 Å². The van der Waals surface area contributed by atoms with Crippen molar-refractivity contribution in [3.8, 4) is 0 Å². The van der Waals surface area contributed by atoms with Crippen molar-refractivity contribution in [2.24, 2.45) is 5.92 Å². The van der Waals surface area contributed by atoms with Crippen LogP contribution in [0.15, 0.2) is 66.0 Å². The van der Waals surface area contributed by atoms with E-state index in [0.29, 0.717) is 35.7 Å². The van der Waals surface area contributed by atoms with Crippen molar-refractivity contribution in [1.82, 2.24) is 10.2 Å². The van der Waals surface area contributed by atoms with Crippen LogP contribution in [0.5, 0.6) is 0 Å². The number of amides is 2. The zero-order valence-electron chi connectivity index (χ0n) is 15.6. The van der Waals surface area contributed by atoms with Crippen LogP contribution in [0.2, 0.25) is 0 Å². The molecule has 1 atom stereocenters. The topological polar surface area (TPSA) is 78.5 Å². The molecule has 142 valence electrons. The van der Waals surface area contributed by atoms with Crippen LogP contribution in [0.1, 0.15) is 22.3 Å². The molecule has 2 amide bonds. The van der Waals surface area contributed by atoms with Crippen LogP contribution < -0.4 is 10.6 Å². The van der Waals surface area contributed by atoms with Crippen molar-refractivity contribution >= 4 is 23.3 Å². The molecule has 0 aliphatic carbocycles. The molecule has 0 spiro atoms. The molecule has 28 heavy (non-hydrogen) atoms. The number of nitrogens with zero attached hydrogens (tertiary/aromatic N) is 1. The molecule has 0 aromatic heterocycles. The molecule has 2 heterocycles. The minimum atomic E-state index is -0.777. The third-order valence-electron chi connectivity index (χ3n) is 5.07. The van der Waals surface area contributed by atoms with E-state index in [1.54, 1.807) is 29.2 Å². The second-order valence-electron chi connectivity index (χ2n) is 7.04. The fourth-order valence-corrected chi connectivity index (χ4v) is 3.67.